The van der Waals surface area contributed by atoms with Crippen LogP contribution >= 0.6 is 0 Å². The minimum Gasteiger partial charge on any atom is -0.504 e. The summed E-state index contributed by atoms with van der Waals surface area (Å²) in [6.07, 6.45) is -0.803. The van der Waals surface area contributed by atoms with E-state index in [1.165, 1.54) is 19.2 Å². The van der Waals surface area contributed by atoms with Gasteiger partial charge in [0.1, 0.15) is 11.3 Å². The first kappa shape index (κ1) is 18.2. The summed E-state index contributed by atoms with van der Waals surface area (Å²) in [5.41, 5.74) is 0.689. The molecule has 140 valence electrons. The molecule has 0 saturated carbocycles. The molecule has 0 aliphatic heterocycles. The monoisotopic (exact) mass is 370 g/mol. The molecule has 0 amide bonds. The number of esters is 1. The number of aromatic hydroxyl groups is 1. The Balaban J connectivity index is 1.74. The summed E-state index contributed by atoms with van der Waals surface area (Å²) in [5, 5.41) is 17.9. The summed E-state index contributed by atoms with van der Waals surface area (Å²) in [7, 11) is 2.97. The number of aromatic nitrogens is 2. The Morgan fingerprint density at radius 3 is 2.48 bits per heavy atom. The number of nitrogens with zero attached hydrogens (tertiary/aromatic N) is 2. The average Bonchev–Trinajstić information content (AvgIpc) is 3.18. The summed E-state index contributed by atoms with van der Waals surface area (Å²) < 4.78 is 21.0. The van der Waals surface area contributed by atoms with Gasteiger partial charge in [-0.3, -0.25) is 0 Å². The highest BCUT2D eigenvalue weighted by Gasteiger charge is 2.23. The van der Waals surface area contributed by atoms with E-state index in [2.05, 4.69) is 10.2 Å². The number of methoxy groups -OCH3 is 2. The van der Waals surface area contributed by atoms with Crippen LogP contribution in [0.3, 0.4) is 0 Å². The molecule has 0 aliphatic rings. The molecule has 1 heterocycles. The Morgan fingerprint density at radius 2 is 1.81 bits per heavy atom. The number of benzene rings is 2. The molecule has 1 aromatic heterocycles. The zero-order valence-corrected chi connectivity index (χ0v) is 15.0. The van der Waals surface area contributed by atoms with Gasteiger partial charge in [0, 0.05) is 5.56 Å². The molecule has 1 atom stereocenters. The number of ether oxygens (including phenoxy) is 3. The van der Waals surface area contributed by atoms with Crippen LogP contribution in [0.4, 0.5) is 0 Å². The third kappa shape index (κ3) is 3.84. The van der Waals surface area contributed by atoms with E-state index in [4.69, 9.17) is 18.6 Å². The molecular formula is C19H18N2O6. The highest BCUT2D eigenvalue weighted by atomic mass is 16.6. The molecule has 0 saturated heterocycles. The normalized spacial score (nSPS) is 11.7. The van der Waals surface area contributed by atoms with Gasteiger partial charge in [0.25, 0.3) is 5.89 Å². The second-order valence-electron chi connectivity index (χ2n) is 5.58. The van der Waals surface area contributed by atoms with Crippen LogP contribution in [0.25, 0.3) is 11.5 Å². The van der Waals surface area contributed by atoms with Gasteiger partial charge in [-0.2, -0.15) is 0 Å². The van der Waals surface area contributed by atoms with Crippen molar-refractivity contribution in [1.29, 1.82) is 0 Å². The molecule has 1 unspecified atom stereocenters. The third-order valence-electron chi connectivity index (χ3n) is 3.85. The van der Waals surface area contributed by atoms with Gasteiger partial charge in [-0.25, -0.2) is 4.79 Å². The maximum Gasteiger partial charge on any atom is 0.342 e. The molecule has 0 bridgehead atoms. The molecule has 0 radical (unpaired) electrons. The lowest BCUT2D eigenvalue weighted by molar-refractivity contribution is 0.0276. The zero-order valence-electron chi connectivity index (χ0n) is 15.0. The Bertz CT molecular complexity index is 936. The van der Waals surface area contributed by atoms with Crippen LogP contribution in [0.5, 0.6) is 17.2 Å². The Labute approximate surface area is 155 Å². The van der Waals surface area contributed by atoms with E-state index in [1.54, 1.807) is 44.4 Å². The summed E-state index contributed by atoms with van der Waals surface area (Å²) in [5.74, 6) is 0.289. The number of hydrogen-bond acceptors (Lipinski definition) is 8. The number of phenols is 1. The van der Waals surface area contributed by atoms with E-state index < -0.39 is 12.1 Å². The lowest BCUT2D eigenvalue weighted by Gasteiger charge is -2.11. The van der Waals surface area contributed by atoms with Crippen molar-refractivity contribution in [1.82, 2.24) is 10.2 Å². The van der Waals surface area contributed by atoms with E-state index in [1.807, 2.05) is 0 Å². The molecule has 0 fully saturated rings. The van der Waals surface area contributed by atoms with E-state index in [-0.39, 0.29) is 23.0 Å². The van der Waals surface area contributed by atoms with Crippen LogP contribution in [-0.2, 0) is 4.74 Å². The second kappa shape index (κ2) is 7.77. The first-order valence-electron chi connectivity index (χ1n) is 8.08. The molecule has 0 spiro atoms. The van der Waals surface area contributed by atoms with Crippen LogP contribution in [0.1, 0.15) is 29.3 Å². The lowest BCUT2D eigenvalue weighted by Crippen LogP contribution is -2.10. The molecule has 0 aliphatic carbocycles. The van der Waals surface area contributed by atoms with Crippen molar-refractivity contribution in [2.45, 2.75) is 13.0 Å². The minimum absolute atomic E-state index is 0.0175. The quantitative estimate of drug-likeness (QED) is 0.659. The largest absolute Gasteiger partial charge is 0.504 e. The number of carbonyl (C=O) groups is 1. The van der Waals surface area contributed by atoms with Gasteiger partial charge in [-0.1, -0.05) is 6.07 Å². The Hall–Kier alpha value is -3.55. The van der Waals surface area contributed by atoms with E-state index >= 15 is 0 Å². The fourth-order valence-electron chi connectivity index (χ4n) is 2.38. The van der Waals surface area contributed by atoms with Gasteiger partial charge in [-0.05, 0) is 43.3 Å². The Morgan fingerprint density at radius 1 is 1.07 bits per heavy atom. The van der Waals surface area contributed by atoms with Crippen LogP contribution in [0, 0.1) is 0 Å². The van der Waals surface area contributed by atoms with Crippen molar-refractivity contribution in [3.8, 4) is 28.7 Å². The highest BCUT2D eigenvalue weighted by Crippen LogP contribution is 2.31. The van der Waals surface area contributed by atoms with E-state index in [0.717, 1.165) is 0 Å². The van der Waals surface area contributed by atoms with Crippen molar-refractivity contribution in [2.24, 2.45) is 0 Å². The van der Waals surface area contributed by atoms with Crippen LogP contribution in [0.2, 0.25) is 0 Å². The van der Waals surface area contributed by atoms with Crippen molar-refractivity contribution in [3.05, 3.63) is 53.9 Å². The Kier molecular flexibility index (Phi) is 5.25. The van der Waals surface area contributed by atoms with Crippen molar-refractivity contribution in [2.75, 3.05) is 14.2 Å². The second-order valence-corrected chi connectivity index (χ2v) is 5.58. The van der Waals surface area contributed by atoms with Gasteiger partial charge in [0.05, 0.1) is 14.2 Å². The third-order valence-corrected chi connectivity index (χ3v) is 3.85. The van der Waals surface area contributed by atoms with Gasteiger partial charge in [-0.15, -0.1) is 10.2 Å². The van der Waals surface area contributed by atoms with Crippen molar-refractivity contribution < 1.29 is 28.5 Å². The van der Waals surface area contributed by atoms with Crippen LogP contribution in [0.15, 0.2) is 46.9 Å². The van der Waals surface area contributed by atoms with Gasteiger partial charge >= 0.3 is 5.97 Å². The summed E-state index contributed by atoms with van der Waals surface area (Å²) in [4.78, 5) is 12.3. The summed E-state index contributed by atoms with van der Waals surface area (Å²) >= 11 is 0. The average molecular weight is 370 g/mol. The number of para-hydroxylation sites is 1. The predicted molar refractivity (Wildman–Crippen MR) is 94.8 cm³/mol. The lowest BCUT2D eigenvalue weighted by atomic mass is 10.2. The van der Waals surface area contributed by atoms with E-state index in [9.17, 15) is 9.90 Å². The molecule has 8 heteroatoms. The zero-order chi connectivity index (χ0) is 19.4. The van der Waals surface area contributed by atoms with Gasteiger partial charge < -0.3 is 23.7 Å². The SMILES string of the molecule is COc1ccc(-c2nnc(C(C)OC(=O)c3cccc(OC)c3O)o2)cc1. The van der Waals surface area contributed by atoms with E-state index in [0.29, 0.717) is 17.2 Å². The molecular weight excluding hydrogens is 352 g/mol. The van der Waals surface area contributed by atoms with Gasteiger partial charge in [0.2, 0.25) is 5.89 Å². The fraction of sp³-hybridized carbons (Fsp3) is 0.211. The van der Waals surface area contributed by atoms with Crippen molar-refractivity contribution >= 4 is 5.97 Å². The number of phenolic OH excluding ortho intramolecular Hbond substituents is 1. The molecule has 2 aromatic carbocycles. The molecule has 3 rings (SSSR count). The first-order valence-corrected chi connectivity index (χ1v) is 8.08. The highest BCUT2D eigenvalue weighted by molar-refractivity contribution is 5.93. The topological polar surface area (TPSA) is 104 Å². The predicted octanol–water partition coefficient (Wildman–Crippen LogP) is 3.38. The number of rotatable bonds is 6. The van der Waals surface area contributed by atoms with Crippen LogP contribution < -0.4 is 9.47 Å². The maximum absolute atomic E-state index is 12.3. The maximum atomic E-state index is 12.3. The summed E-state index contributed by atoms with van der Waals surface area (Å²) in [6, 6.07) is 11.6. The molecule has 3 aromatic rings. The minimum atomic E-state index is -0.803. The van der Waals surface area contributed by atoms with Crippen molar-refractivity contribution in [3.63, 3.8) is 0 Å². The molecule has 27 heavy (non-hydrogen) atoms. The summed E-state index contributed by atoms with van der Waals surface area (Å²) in [6.45, 7) is 1.60. The van der Waals surface area contributed by atoms with Gasteiger partial charge in [0.15, 0.2) is 17.6 Å². The molecule has 1 N–H and O–H groups in total. The number of hydrogen-bond donors (Lipinski definition) is 1. The smallest absolute Gasteiger partial charge is 0.342 e. The first-order chi connectivity index (χ1) is 13.0. The standard InChI is InChI=1S/C19H18N2O6/c1-11(26-19(23)14-5-4-6-15(25-3)16(14)22)17-20-21-18(27-17)12-7-9-13(24-2)10-8-12/h4-11,22H,1-3H3. The number of carbonyl (C=O) groups excluding carboxylic acids is 1. The molecule has 8 nitrogen and oxygen atoms in total. The fourth-order valence-corrected chi connectivity index (χ4v) is 2.38. The van der Waals surface area contributed by atoms with Crippen LogP contribution in [-0.4, -0.2) is 35.5 Å².